The number of hydrogen-bond acceptors (Lipinski definition) is 3. The molecule has 1 aliphatic rings. The highest BCUT2D eigenvalue weighted by Crippen LogP contribution is 2.42. The van der Waals surface area contributed by atoms with Gasteiger partial charge >= 0.3 is 0 Å². The molecule has 1 aromatic rings. The van der Waals surface area contributed by atoms with Gasteiger partial charge in [0.15, 0.2) is 0 Å². The molecule has 1 fully saturated rings. The second kappa shape index (κ2) is 2.57. The molecule has 1 aromatic heterocycles. The molecule has 1 aliphatic carbocycles. The van der Waals surface area contributed by atoms with Gasteiger partial charge in [-0.05, 0) is 19.8 Å². The SMILES string of the molecule is Cc1sc(CO)nc1C1CC1. The topological polar surface area (TPSA) is 33.1 Å². The Kier molecular flexibility index (Phi) is 1.69. The van der Waals surface area contributed by atoms with E-state index < -0.39 is 0 Å². The summed E-state index contributed by atoms with van der Waals surface area (Å²) in [4.78, 5) is 5.65. The smallest absolute Gasteiger partial charge is 0.119 e. The summed E-state index contributed by atoms with van der Waals surface area (Å²) in [6, 6.07) is 0. The highest BCUT2D eigenvalue weighted by Gasteiger charge is 2.27. The third-order valence-electron chi connectivity index (χ3n) is 1.98. The minimum atomic E-state index is 0.0955. The van der Waals surface area contributed by atoms with Crippen molar-refractivity contribution < 1.29 is 5.11 Å². The van der Waals surface area contributed by atoms with Gasteiger partial charge in [-0.1, -0.05) is 0 Å². The van der Waals surface area contributed by atoms with Crippen molar-refractivity contribution in [1.29, 1.82) is 0 Å². The third-order valence-corrected chi connectivity index (χ3v) is 2.95. The minimum absolute atomic E-state index is 0.0955. The summed E-state index contributed by atoms with van der Waals surface area (Å²) in [6.45, 7) is 2.18. The van der Waals surface area contributed by atoms with E-state index in [0.717, 1.165) is 5.01 Å². The fourth-order valence-electron chi connectivity index (χ4n) is 1.27. The highest BCUT2D eigenvalue weighted by atomic mass is 32.1. The van der Waals surface area contributed by atoms with E-state index in [4.69, 9.17) is 5.11 Å². The molecule has 0 saturated heterocycles. The predicted octanol–water partition coefficient (Wildman–Crippen LogP) is 1.82. The molecule has 1 heterocycles. The summed E-state index contributed by atoms with van der Waals surface area (Å²) >= 11 is 1.62. The van der Waals surface area contributed by atoms with Crippen molar-refractivity contribution >= 4 is 11.3 Å². The van der Waals surface area contributed by atoms with Crippen LogP contribution in [-0.4, -0.2) is 10.1 Å². The zero-order valence-electron chi connectivity index (χ0n) is 6.50. The van der Waals surface area contributed by atoms with Gasteiger partial charge in [0.05, 0.1) is 12.3 Å². The fourth-order valence-corrected chi connectivity index (χ4v) is 2.15. The van der Waals surface area contributed by atoms with Gasteiger partial charge in [0.2, 0.25) is 0 Å². The first-order valence-electron chi connectivity index (χ1n) is 3.88. The summed E-state index contributed by atoms with van der Waals surface area (Å²) < 4.78 is 0. The molecular weight excluding hydrogens is 158 g/mol. The van der Waals surface area contributed by atoms with Gasteiger partial charge in [-0.2, -0.15) is 0 Å². The van der Waals surface area contributed by atoms with Gasteiger partial charge in [0, 0.05) is 10.8 Å². The number of aryl methyl sites for hydroxylation is 1. The lowest BCUT2D eigenvalue weighted by Gasteiger charge is -1.89. The van der Waals surface area contributed by atoms with E-state index in [2.05, 4.69) is 11.9 Å². The van der Waals surface area contributed by atoms with Gasteiger partial charge in [0.25, 0.3) is 0 Å². The maximum Gasteiger partial charge on any atom is 0.119 e. The van der Waals surface area contributed by atoms with Crippen LogP contribution in [0.4, 0.5) is 0 Å². The molecule has 0 radical (unpaired) electrons. The molecule has 1 N–H and O–H groups in total. The van der Waals surface area contributed by atoms with Gasteiger partial charge in [-0.15, -0.1) is 11.3 Å². The molecular formula is C8H11NOS. The van der Waals surface area contributed by atoms with E-state index in [1.165, 1.54) is 23.4 Å². The van der Waals surface area contributed by atoms with E-state index >= 15 is 0 Å². The van der Waals surface area contributed by atoms with Crippen LogP contribution in [0.2, 0.25) is 0 Å². The van der Waals surface area contributed by atoms with Crippen molar-refractivity contribution in [3.05, 3.63) is 15.6 Å². The Morgan fingerprint density at radius 1 is 1.64 bits per heavy atom. The molecule has 2 rings (SSSR count). The fraction of sp³-hybridized carbons (Fsp3) is 0.625. The Labute approximate surface area is 69.9 Å². The number of thiazole rings is 1. The lowest BCUT2D eigenvalue weighted by molar-refractivity contribution is 0.281. The average Bonchev–Trinajstić information content (AvgIpc) is 2.76. The molecule has 0 atom stereocenters. The number of hydrogen-bond donors (Lipinski definition) is 1. The van der Waals surface area contributed by atoms with Crippen LogP contribution in [0.1, 0.15) is 34.3 Å². The number of rotatable bonds is 2. The minimum Gasteiger partial charge on any atom is -0.389 e. The maximum absolute atomic E-state index is 8.83. The summed E-state index contributed by atoms with van der Waals surface area (Å²) in [5, 5.41) is 9.69. The molecule has 1 saturated carbocycles. The van der Waals surface area contributed by atoms with Crippen LogP contribution in [0.5, 0.6) is 0 Å². The number of nitrogens with zero attached hydrogens (tertiary/aromatic N) is 1. The Morgan fingerprint density at radius 3 is 2.82 bits per heavy atom. The summed E-state index contributed by atoms with van der Waals surface area (Å²) in [5.41, 5.74) is 1.24. The second-order valence-electron chi connectivity index (χ2n) is 2.98. The molecule has 11 heavy (non-hydrogen) atoms. The summed E-state index contributed by atoms with van der Waals surface area (Å²) in [5.74, 6) is 0.714. The quantitative estimate of drug-likeness (QED) is 0.732. The van der Waals surface area contributed by atoms with Gasteiger partial charge in [-0.3, -0.25) is 0 Å². The Hall–Kier alpha value is -0.410. The molecule has 0 aliphatic heterocycles. The molecule has 3 heteroatoms. The van der Waals surface area contributed by atoms with Crippen molar-refractivity contribution in [1.82, 2.24) is 4.98 Å². The maximum atomic E-state index is 8.83. The van der Waals surface area contributed by atoms with Crippen LogP contribution in [-0.2, 0) is 6.61 Å². The highest BCUT2D eigenvalue weighted by molar-refractivity contribution is 7.11. The van der Waals surface area contributed by atoms with Gasteiger partial charge in [0.1, 0.15) is 5.01 Å². The van der Waals surface area contributed by atoms with Crippen molar-refractivity contribution in [3.8, 4) is 0 Å². The Balaban J connectivity index is 2.30. The predicted molar refractivity (Wildman–Crippen MR) is 44.7 cm³/mol. The van der Waals surface area contributed by atoms with E-state index in [-0.39, 0.29) is 6.61 Å². The lowest BCUT2D eigenvalue weighted by Crippen LogP contribution is -1.84. The normalized spacial score (nSPS) is 17.3. The Bertz CT molecular complexity index is 265. The molecule has 0 aromatic carbocycles. The van der Waals surface area contributed by atoms with E-state index in [1.807, 2.05) is 0 Å². The first-order chi connectivity index (χ1) is 5.31. The number of aliphatic hydroxyl groups is 1. The Morgan fingerprint density at radius 2 is 2.36 bits per heavy atom. The van der Waals surface area contributed by atoms with Gasteiger partial charge in [-0.25, -0.2) is 4.98 Å². The number of aromatic nitrogens is 1. The van der Waals surface area contributed by atoms with Crippen LogP contribution in [0.3, 0.4) is 0 Å². The molecule has 0 bridgehead atoms. The van der Waals surface area contributed by atoms with E-state index in [1.54, 1.807) is 11.3 Å². The standard InChI is InChI=1S/C8H11NOS/c1-5-8(6-2-3-6)9-7(4-10)11-5/h6,10H,2-4H2,1H3. The number of aliphatic hydroxyl groups excluding tert-OH is 1. The molecule has 2 nitrogen and oxygen atoms in total. The van der Waals surface area contributed by atoms with Crippen molar-refractivity contribution in [2.75, 3.05) is 0 Å². The first kappa shape index (κ1) is 7.25. The molecule has 60 valence electrons. The van der Waals surface area contributed by atoms with Crippen molar-refractivity contribution in [3.63, 3.8) is 0 Å². The third kappa shape index (κ3) is 1.30. The van der Waals surface area contributed by atoms with E-state index in [9.17, 15) is 0 Å². The van der Waals surface area contributed by atoms with Crippen molar-refractivity contribution in [2.45, 2.75) is 32.3 Å². The van der Waals surface area contributed by atoms with Crippen LogP contribution in [0, 0.1) is 6.92 Å². The van der Waals surface area contributed by atoms with Crippen molar-refractivity contribution in [2.24, 2.45) is 0 Å². The molecule has 0 spiro atoms. The summed E-state index contributed by atoms with van der Waals surface area (Å²) in [6.07, 6.45) is 2.57. The monoisotopic (exact) mass is 169 g/mol. The lowest BCUT2D eigenvalue weighted by atomic mass is 10.3. The second-order valence-corrected chi connectivity index (χ2v) is 4.27. The van der Waals surface area contributed by atoms with Crippen LogP contribution in [0.25, 0.3) is 0 Å². The van der Waals surface area contributed by atoms with Crippen LogP contribution in [0.15, 0.2) is 0 Å². The van der Waals surface area contributed by atoms with Gasteiger partial charge < -0.3 is 5.11 Å². The van der Waals surface area contributed by atoms with Crippen LogP contribution >= 0.6 is 11.3 Å². The zero-order valence-corrected chi connectivity index (χ0v) is 7.32. The molecule has 0 unspecified atom stereocenters. The first-order valence-corrected chi connectivity index (χ1v) is 4.70. The average molecular weight is 169 g/mol. The zero-order chi connectivity index (χ0) is 7.84. The largest absolute Gasteiger partial charge is 0.389 e. The van der Waals surface area contributed by atoms with Crippen LogP contribution < -0.4 is 0 Å². The molecule has 0 amide bonds. The van der Waals surface area contributed by atoms with E-state index in [0.29, 0.717) is 5.92 Å². The summed E-state index contributed by atoms with van der Waals surface area (Å²) in [7, 11) is 0.